The second-order valence-electron chi connectivity index (χ2n) is 6.63. The fourth-order valence-corrected chi connectivity index (χ4v) is 4.32. The third-order valence-corrected chi connectivity index (χ3v) is 6.37. The second-order valence-corrected chi connectivity index (χ2v) is 8.57. The van der Waals surface area contributed by atoms with Crippen molar-refractivity contribution in [3.05, 3.63) is 59.4 Å². The minimum absolute atomic E-state index is 0.0360. The number of esters is 1. The quantitative estimate of drug-likeness (QED) is 0.695. The second kappa shape index (κ2) is 9.33. The summed E-state index contributed by atoms with van der Waals surface area (Å²) in [7, 11) is -3.78. The molecule has 1 fully saturated rings. The van der Waals surface area contributed by atoms with Crippen LogP contribution in [0.5, 0.6) is 0 Å². The van der Waals surface area contributed by atoms with Gasteiger partial charge in [-0.05, 0) is 42.8 Å². The summed E-state index contributed by atoms with van der Waals surface area (Å²) in [5.74, 6) is -2.00. The molecule has 1 N–H and O–H groups in total. The Kier molecular flexibility index (Phi) is 6.80. The van der Waals surface area contributed by atoms with Crippen LogP contribution in [0, 0.1) is 12.7 Å². The standard InChI is InChI=1S/C20H21FN2O6S/c1-14-5-6-17(30(26,27)23-7-9-28-10-8-23)12-18(14)20(25)29-13-19(24)22-16-4-2-3-15(21)11-16/h2-6,11-12H,7-10,13H2,1H3,(H,22,24). The van der Waals surface area contributed by atoms with Crippen LogP contribution in [-0.2, 0) is 24.3 Å². The molecule has 0 aliphatic carbocycles. The summed E-state index contributed by atoms with van der Waals surface area (Å²) in [5.41, 5.74) is 0.778. The first-order valence-corrected chi connectivity index (χ1v) is 10.6. The summed E-state index contributed by atoms with van der Waals surface area (Å²) in [6, 6.07) is 9.46. The Balaban J connectivity index is 1.68. The van der Waals surface area contributed by atoms with Gasteiger partial charge in [-0.15, -0.1) is 0 Å². The molecule has 0 radical (unpaired) electrons. The first-order valence-electron chi connectivity index (χ1n) is 9.18. The summed E-state index contributed by atoms with van der Waals surface area (Å²) in [6.07, 6.45) is 0. The summed E-state index contributed by atoms with van der Waals surface area (Å²) in [5, 5.41) is 2.41. The molecule has 1 aliphatic rings. The van der Waals surface area contributed by atoms with E-state index in [0.717, 1.165) is 6.07 Å². The lowest BCUT2D eigenvalue weighted by Crippen LogP contribution is -2.40. The highest BCUT2D eigenvalue weighted by molar-refractivity contribution is 7.89. The van der Waals surface area contributed by atoms with E-state index in [0.29, 0.717) is 18.8 Å². The molecule has 160 valence electrons. The molecule has 0 saturated carbocycles. The zero-order valence-electron chi connectivity index (χ0n) is 16.3. The van der Waals surface area contributed by atoms with Crippen LogP contribution < -0.4 is 5.32 Å². The minimum atomic E-state index is -3.78. The predicted molar refractivity (Wildman–Crippen MR) is 106 cm³/mol. The zero-order chi connectivity index (χ0) is 21.7. The minimum Gasteiger partial charge on any atom is -0.452 e. The van der Waals surface area contributed by atoms with E-state index in [1.165, 1.54) is 40.7 Å². The van der Waals surface area contributed by atoms with Crippen LogP contribution in [-0.4, -0.2) is 57.5 Å². The molecule has 8 nitrogen and oxygen atoms in total. The molecule has 0 aromatic heterocycles. The highest BCUT2D eigenvalue weighted by Gasteiger charge is 2.27. The molecular formula is C20H21FN2O6S. The maximum Gasteiger partial charge on any atom is 0.338 e. The van der Waals surface area contributed by atoms with Crippen molar-refractivity contribution in [3.8, 4) is 0 Å². The highest BCUT2D eigenvalue weighted by atomic mass is 32.2. The van der Waals surface area contributed by atoms with Crippen molar-refractivity contribution < 1.29 is 31.9 Å². The molecule has 1 amide bonds. The maximum atomic E-state index is 13.2. The molecule has 1 saturated heterocycles. The number of halogens is 1. The van der Waals surface area contributed by atoms with Crippen molar-refractivity contribution >= 4 is 27.6 Å². The SMILES string of the molecule is Cc1ccc(S(=O)(=O)N2CCOCC2)cc1C(=O)OCC(=O)Nc1cccc(F)c1. The van der Waals surface area contributed by atoms with Crippen molar-refractivity contribution in [2.24, 2.45) is 0 Å². The number of benzene rings is 2. The lowest BCUT2D eigenvalue weighted by Gasteiger charge is -2.26. The average molecular weight is 436 g/mol. The summed E-state index contributed by atoms with van der Waals surface area (Å²) >= 11 is 0. The molecule has 0 spiro atoms. The number of anilines is 1. The number of amides is 1. The molecule has 10 heteroatoms. The third-order valence-electron chi connectivity index (χ3n) is 4.48. The number of rotatable bonds is 6. The number of carbonyl (C=O) groups excluding carboxylic acids is 2. The van der Waals surface area contributed by atoms with Gasteiger partial charge >= 0.3 is 5.97 Å². The molecule has 0 atom stereocenters. The molecule has 1 heterocycles. The summed E-state index contributed by atoms with van der Waals surface area (Å²) in [4.78, 5) is 24.4. The van der Waals surface area contributed by atoms with Gasteiger partial charge in [0.05, 0.1) is 23.7 Å². The van der Waals surface area contributed by atoms with Crippen molar-refractivity contribution in [3.63, 3.8) is 0 Å². The van der Waals surface area contributed by atoms with Crippen LogP contribution >= 0.6 is 0 Å². The van der Waals surface area contributed by atoms with Gasteiger partial charge in [0.2, 0.25) is 10.0 Å². The van der Waals surface area contributed by atoms with E-state index in [-0.39, 0.29) is 29.2 Å². The number of ether oxygens (including phenoxy) is 2. The van der Waals surface area contributed by atoms with E-state index < -0.39 is 34.3 Å². The molecule has 3 rings (SSSR count). The Bertz CT molecular complexity index is 1050. The Labute approximate surface area is 173 Å². The van der Waals surface area contributed by atoms with Gasteiger partial charge in [-0.3, -0.25) is 4.79 Å². The Morgan fingerprint density at radius 1 is 1.17 bits per heavy atom. The number of nitrogens with zero attached hydrogens (tertiary/aromatic N) is 1. The average Bonchev–Trinajstić information content (AvgIpc) is 2.73. The van der Waals surface area contributed by atoms with Gasteiger partial charge in [-0.2, -0.15) is 4.31 Å². The smallest absolute Gasteiger partial charge is 0.338 e. The largest absolute Gasteiger partial charge is 0.452 e. The Morgan fingerprint density at radius 3 is 2.60 bits per heavy atom. The maximum absolute atomic E-state index is 13.2. The van der Waals surface area contributed by atoms with Gasteiger partial charge in [-0.1, -0.05) is 12.1 Å². The zero-order valence-corrected chi connectivity index (χ0v) is 17.1. The summed E-state index contributed by atoms with van der Waals surface area (Å²) in [6.45, 7) is 2.11. The van der Waals surface area contributed by atoms with E-state index in [2.05, 4.69) is 5.32 Å². The first-order chi connectivity index (χ1) is 14.3. The van der Waals surface area contributed by atoms with Gasteiger partial charge in [0, 0.05) is 18.8 Å². The lowest BCUT2D eigenvalue weighted by molar-refractivity contribution is -0.119. The monoisotopic (exact) mass is 436 g/mol. The predicted octanol–water partition coefficient (Wildman–Crippen LogP) is 1.95. The third kappa shape index (κ3) is 5.21. The fourth-order valence-electron chi connectivity index (χ4n) is 2.89. The van der Waals surface area contributed by atoms with Crippen LogP contribution in [0.4, 0.5) is 10.1 Å². The number of carbonyl (C=O) groups is 2. The van der Waals surface area contributed by atoms with Gasteiger partial charge in [-0.25, -0.2) is 17.6 Å². The number of hydrogen-bond donors (Lipinski definition) is 1. The molecule has 2 aromatic carbocycles. The highest BCUT2D eigenvalue weighted by Crippen LogP contribution is 2.21. The van der Waals surface area contributed by atoms with Crippen molar-refractivity contribution in [2.45, 2.75) is 11.8 Å². The van der Waals surface area contributed by atoms with Crippen molar-refractivity contribution in [1.29, 1.82) is 0 Å². The Hall–Kier alpha value is -2.82. The number of aryl methyl sites for hydroxylation is 1. The number of morpholine rings is 1. The topological polar surface area (TPSA) is 102 Å². The molecular weight excluding hydrogens is 415 g/mol. The Morgan fingerprint density at radius 2 is 1.90 bits per heavy atom. The molecule has 2 aromatic rings. The van der Waals surface area contributed by atoms with Gasteiger partial charge in [0.25, 0.3) is 5.91 Å². The fraction of sp³-hybridized carbons (Fsp3) is 0.300. The van der Waals surface area contributed by atoms with E-state index in [9.17, 15) is 22.4 Å². The number of sulfonamides is 1. The molecule has 0 bridgehead atoms. The van der Waals surface area contributed by atoms with Crippen LogP contribution in [0.1, 0.15) is 15.9 Å². The van der Waals surface area contributed by atoms with E-state index >= 15 is 0 Å². The van der Waals surface area contributed by atoms with E-state index in [1.54, 1.807) is 6.92 Å². The first kappa shape index (κ1) is 21.9. The molecule has 30 heavy (non-hydrogen) atoms. The summed E-state index contributed by atoms with van der Waals surface area (Å²) < 4.78 is 50.2. The van der Waals surface area contributed by atoms with Crippen molar-refractivity contribution in [2.75, 3.05) is 38.2 Å². The van der Waals surface area contributed by atoms with Crippen molar-refractivity contribution in [1.82, 2.24) is 4.31 Å². The van der Waals surface area contributed by atoms with Gasteiger partial charge in [0.1, 0.15) is 5.82 Å². The van der Waals surface area contributed by atoms with Crippen LogP contribution in [0.15, 0.2) is 47.4 Å². The van der Waals surface area contributed by atoms with Gasteiger partial charge < -0.3 is 14.8 Å². The normalized spacial score (nSPS) is 14.9. The lowest BCUT2D eigenvalue weighted by atomic mass is 10.1. The van der Waals surface area contributed by atoms with E-state index in [1.807, 2.05) is 0 Å². The van der Waals surface area contributed by atoms with E-state index in [4.69, 9.17) is 9.47 Å². The molecule has 0 unspecified atom stereocenters. The van der Waals surface area contributed by atoms with Crippen LogP contribution in [0.2, 0.25) is 0 Å². The van der Waals surface area contributed by atoms with Crippen LogP contribution in [0.3, 0.4) is 0 Å². The molecule has 1 aliphatic heterocycles. The van der Waals surface area contributed by atoms with Crippen LogP contribution in [0.25, 0.3) is 0 Å². The number of nitrogens with one attached hydrogen (secondary N) is 1. The number of hydrogen-bond acceptors (Lipinski definition) is 6. The van der Waals surface area contributed by atoms with Gasteiger partial charge in [0.15, 0.2) is 6.61 Å².